The van der Waals surface area contributed by atoms with Gasteiger partial charge in [0.1, 0.15) is 91.8 Å². The summed E-state index contributed by atoms with van der Waals surface area (Å²) in [6.45, 7) is 7.29. The molecule has 716 valence electrons. The highest BCUT2D eigenvalue weighted by molar-refractivity contribution is 5.91. The van der Waals surface area contributed by atoms with Gasteiger partial charge < -0.3 is 18.9 Å². The minimum absolute atomic E-state index is 0.109. The molecule has 0 saturated heterocycles. The van der Waals surface area contributed by atoms with Crippen molar-refractivity contribution in [3.63, 3.8) is 0 Å². The van der Waals surface area contributed by atoms with E-state index in [1.807, 2.05) is 13.8 Å². The van der Waals surface area contributed by atoms with Crippen LogP contribution in [0.1, 0.15) is 111 Å². The molecule has 0 heterocycles. The lowest BCUT2D eigenvalue weighted by Crippen LogP contribution is -2.25. The van der Waals surface area contributed by atoms with Gasteiger partial charge in [-0.3, -0.25) is 0 Å². The number of benzene rings is 16. The van der Waals surface area contributed by atoms with Gasteiger partial charge in [0.25, 0.3) is 0 Å². The number of hydrogen-bond donors (Lipinski definition) is 0. The Kier molecular flexibility index (Phi) is 30.9. The first kappa shape index (κ1) is 101. The first-order valence-electron chi connectivity index (χ1n) is 42.3. The molecule has 0 spiro atoms. The fraction of sp³-hybridized carbons (Fsp3) is 0.170. The molecular formula is C106H72F28O4. The lowest BCUT2D eigenvalue weighted by atomic mass is 10.0. The van der Waals surface area contributed by atoms with E-state index in [4.69, 9.17) is 0 Å². The molecule has 0 bridgehead atoms. The molecule has 0 unspecified atom stereocenters. The fourth-order valence-electron chi connectivity index (χ4n) is 15.1. The van der Waals surface area contributed by atoms with Crippen LogP contribution in [0.15, 0.2) is 243 Å². The number of alkyl halides is 8. The van der Waals surface area contributed by atoms with E-state index in [0.29, 0.717) is 88.6 Å². The van der Waals surface area contributed by atoms with Gasteiger partial charge in [-0.2, -0.15) is 35.1 Å². The average molecular weight is 1940 g/mol. The van der Waals surface area contributed by atoms with Gasteiger partial charge >= 0.3 is 24.4 Å². The van der Waals surface area contributed by atoms with E-state index >= 15 is 0 Å². The maximum absolute atomic E-state index is 14.7. The van der Waals surface area contributed by atoms with Gasteiger partial charge in [0.2, 0.25) is 0 Å². The lowest BCUT2D eigenvalue weighted by molar-refractivity contribution is -0.190. The summed E-state index contributed by atoms with van der Waals surface area (Å²) in [5.74, 6) is -29.5. The molecule has 16 aromatic carbocycles. The quantitative estimate of drug-likeness (QED) is 0.0308. The Labute approximate surface area is 768 Å². The van der Waals surface area contributed by atoms with Crippen LogP contribution in [-0.4, -0.2) is 0 Å². The van der Waals surface area contributed by atoms with Gasteiger partial charge in [-0.1, -0.05) is 150 Å². The van der Waals surface area contributed by atoms with Crippen molar-refractivity contribution in [3.05, 3.63) is 404 Å². The highest BCUT2D eigenvalue weighted by Crippen LogP contribution is 2.44. The summed E-state index contributed by atoms with van der Waals surface area (Å²) in [6, 6.07) is 47.4. The van der Waals surface area contributed by atoms with E-state index in [1.165, 1.54) is 158 Å². The Morgan fingerprint density at radius 1 is 0.188 bits per heavy atom. The normalized spacial score (nSPS) is 11.8. The fourth-order valence-corrected chi connectivity index (χ4v) is 15.1. The van der Waals surface area contributed by atoms with Gasteiger partial charge in [0, 0.05) is 21.5 Å². The van der Waals surface area contributed by atoms with Crippen LogP contribution in [-0.2, 0) is 50.1 Å². The molecule has 16 aromatic rings. The number of halogens is 28. The summed E-state index contributed by atoms with van der Waals surface area (Å²) >= 11 is 0. The molecule has 0 amide bonds. The third-order valence-corrected chi connectivity index (χ3v) is 22.0. The zero-order valence-corrected chi connectivity index (χ0v) is 72.4. The Balaban J connectivity index is 0.000000155. The summed E-state index contributed by atoms with van der Waals surface area (Å²) in [4.78, 5) is 0. The predicted molar refractivity (Wildman–Crippen MR) is 466 cm³/mol. The van der Waals surface area contributed by atoms with Crippen LogP contribution in [0.4, 0.5) is 123 Å². The van der Waals surface area contributed by atoms with E-state index in [-0.39, 0.29) is 89.2 Å². The predicted octanol–water partition coefficient (Wildman–Crippen LogP) is 33.9. The number of aryl methyl sites for hydroxylation is 4. The zero-order valence-electron chi connectivity index (χ0n) is 72.4. The monoisotopic (exact) mass is 1940 g/mol. The molecule has 138 heavy (non-hydrogen) atoms. The second-order valence-corrected chi connectivity index (χ2v) is 31.7. The summed E-state index contributed by atoms with van der Waals surface area (Å²) in [5, 5.41) is -0.0178. The molecule has 0 aliphatic heterocycles. The first-order chi connectivity index (χ1) is 65.4. The largest absolute Gasteiger partial charge is 0.432 e. The molecule has 16 rings (SSSR count). The maximum atomic E-state index is 14.7. The Morgan fingerprint density at radius 3 is 0.601 bits per heavy atom. The number of rotatable bonds is 26. The molecule has 0 atom stereocenters. The van der Waals surface area contributed by atoms with Crippen molar-refractivity contribution in [1.82, 2.24) is 0 Å². The molecule has 0 fully saturated rings. The van der Waals surface area contributed by atoms with Gasteiger partial charge in [0.05, 0.1) is 0 Å². The number of hydrogen-bond acceptors (Lipinski definition) is 4. The number of unbranched alkanes of at least 4 members (excludes halogenated alkanes) is 3. The maximum Gasteiger partial charge on any atom is 0.432 e. The van der Waals surface area contributed by atoms with Crippen LogP contribution in [0.25, 0.3) is 87.6 Å². The third kappa shape index (κ3) is 22.7. The van der Waals surface area contributed by atoms with Gasteiger partial charge in [-0.05, 0) is 272 Å². The highest BCUT2D eigenvalue weighted by Gasteiger charge is 2.45. The van der Waals surface area contributed by atoms with Crippen molar-refractivity contribution in [1.29, 1.82) is 0 Å². The van der Waals surface area contributed by atoms with Crippen LogP contribution >= 0.6 is 0 Å². The second-order valence-electron chi connectivity index (χ2n) is 31.7. The molecule has 0 N–H and O–H groups in total. The van der Waals surface area contributed by atoms with Crippen LogP contribution < -0.4 is 18.9 Å². The van der Waals surface area contributed by atoms with Gasteiger partial charge in [0.15, 0.2) is 69.8 Å². The number of ether oxygens (including phenoxy) is 4. The van der Waals surface area contributed by atoms with E-state index in [1.54, 1.807) is 13.8 Å². The van der Waals surface area contributed by atoms with Crippen LogP contribution in [0.2, 0.25) is 0 Å². The number of fused-ring (bicyclic) bond motifs is 4. The smallest absolute Gasteiger partial charge is 0.429 e. The van der Waals surface area contributed by atoms with Crippen molar-refractivity contribution in [2.75, 3.05) is 0 Å². The topological polar surface area (TPSA) is 36.9 Å². The highest BCUT2D eigenvalue weighted by atomic mass is 19.3. The Bertz CT molecular complexity index is 7100. The molecular weight excluding hydrogens is 1870 g/mol. The molecule has 0 saturated carbocycles. The van der Waals surface area contributed by atoms with E-state index < -0.39 is 163 Å². The minimum atomic E-state index is -4.28. The van der Waals surface area contributed by atoms with Gasteiger partial charge in [-0.25, -0.2) is 87.8 Å². The second kappa shape index (κ2) is 42.2. The van der Waals surface area contributed by atoms with Crippen molar-refractivity contribution < 1.29 is 142 Å². The molecule has 0 aromatic heterocycles. The van der Waals surface area contributed by atoms with Gasteiger partial charge in [-0.15, -0.1) is 0 Å². The third-order valence-electron chi connectivity index (χ3n) is 22.0. The summed E-state index contributed by atoms with van der Waals surface area (Å²) < 4.78 is 413. The minimum Gasteiger partial charge on any atom is -0.429 e. The first-order valence-corrected chi connectivity index (χ1v) is 42.3. The van der Waals surface area contributed by atoms with E-state index in [9.17, 15) is 123 Å². The molecule has 32 heteroatoms. The van der Waals surface area contributed by atoms with E-state index in [0.717, 1.165) is 104 Å². The van der Waals surface area contributed by atoms with Crippen LogP contribution in [0.3, 0.4) is 0 Å². The lowest BCUT2D eigenvalue weighted by Gasteiger charge is -2.20. The SMILES string of the molecule is CCCCCc1cc(F)c(C(F)(F)Oc2ccc(-c3ccc4c(F)c(F)c(F)cc4c3)cc2)c(F)c1.CCCCc1cc(F)c(C(F)(F)Oc2ccc(-c3ccc4c(F)c(F)c(F)cc4c3)cc2)c(F)c1.CCCc1cc(F)c(C(F)(F)Oc2ccc(-c3ccc4c(F)c(F)c(F)cc4c3)cc2)c(F)c1.CCc1cc(F)c(C(F)(F)Oc2ccc(-c3ccc4c(F)c(F)c(F)cc4c3)cc2)c(F)c1. The summed E-state index contributed by atoms with van der Waals surface area (Å²) in [5.41, 5.74) is -1.07. The van der Waals surface area contributed by atoms with Crippen molar-refractivity contribution in [3.8, 4) is 67.5 Å². The molecule has 4 nitrogen and oxygen atoms in total. The summed E-state index contributed by atoms with van der Waals surface area (Å²) in [7, 11) is 0. The van der Waals surface area contributed by atoms with Crippen molar-refractivity contribution in [2.45, 2.75) is 116 Å². The van der Waals surface area contributed by atoms with Crippen LogP contribution in [0.5, 0.6) is 23.0 Å². The average Bonchev–Trinajstić information content (AvgIpc) is 0.790. The molecule has 0 aliphatic carbocycles. The Morgan fingerprint density at radius 2 is 0.391 bits per heavy atom. The zero-order chi connectivity index (χ0) is 99.9. The Hall–Kier alpha value is -14.2. The summed E-state index contributed by atoms with van der Waals surface area (Å²) in [6.07, 6.45) is -11.3. The van der Waals surface area contributed by atoms with E-state index in [2.05, 4.69) is 18.9 Å². The van der Waals surface area contributed by atoms with Crippen LogP contribution in [0, 0.1) is 116 Å². The van der Waals surface area contributed by atoms with Crippen molar-refractivity contribution >= 4 is 43.1 Å². The van der Waals surface area contributed by atoms with Crippen molar-refractivity contribution in [2.24, 2.45) is 0 Å². The standard InChI is InChI=1S/C28H21F7O.C27H19F7O.C26H17F7O.C25H15F7O/c1-2-3-4-5-16-12-22(29)25(23(30)13-16)28(34,35)36-20-9-6-17(7-10-20)18-8-11-21-19(14-18)15-24(31)27(33)26(21)32;1-2-3-4-15-11-21(28)24(22(29)12-15)27(33,34)35-19-8-5-16(6-9-19)17-7-10-20-18(13-17)14-23(30)26(32)25(20)31;1-2-3-14-10-20(27)23(21(28)11-14)26(32,33)34-18-7-4-15(5-8-18)16-6-9-19-17(12-16)13-22(29)25(31)24(19)30;1-2-13-9-19(26)22(20(27)10-13)25(31,32)33-17-6-3-14(4-7-17)15-5-8-18-16(11-15)12-21(28)24(30)23(18)29/h6-15H,2-5H2,1H3;5-14H,2-4H2,1H3;4-13H,2-3H2,1H3;3-12H,2H2,1H3. The molecule has 0 radical (unpaired) electrons. The molecule has 0 aliphatic rings.